The van der Waals surface area contributed by atoms with E-state index in [0.717, 1.165) is 0 Å². The monoisotopic (exact) mass is 565 g/mol. The molecule has 2 heteroatoms. The van der Waals surface area contributed by atoms with E-state index < -0.39 is 0 Å². The normalized spacial score (nSPS) is 12.9. The Bertz CT molecular complexity index is 2040. The Morgan fingerprint density at radius 1 is 0.455 bits per heavy atom. The van der Waals surface area contributed by atoms with E-state index >= 15 is 0 Å². The highest BCUT2D eigenvalue weighted by molar-refractivity contribution is 7.01. The van der Waals surface area contributed by atoms with Crippen molar-refractivity contribution in [3.63, 3.8) is 0 Å². The summed E-state index contributed by atoms with van der Waals surface area (Å²) in [5.74, 6) is 0.903. The number of hydrogen-bond acceptors (Lipinski definition) is 1. The number of benzene rings is 6. The molecule has 44 heavy (non-hydrogen) atoms. The van der Waals surface area contributed by atoms with Gasteiger partial charge >= 0.3 is 0 Å². The molecule has 0 saturated heterocycles. The fourth-order valence-electron chi connectivity index (χ4n) is 7.29. The number of rotatable bonds is 5. The first-order valence-corrected chi connectivity index (χ1v) is 15.9. The van der Waals surface area contributed by atoms with Gasteiger partial charge in [0, 0.05) is 17.1 Å². The molecule has 0 radical (unpaired) electrons. The van der Waals surface area contributed by atoms with Gasteiger partial charge in [-0.2, -0.15) is 0 Å². The number of fused-ring (bicyclic) bond motifs is 5. The molecule has 2 heterocycles. The van der Waals surface area contributed by atoms with Crippen LogP contribution in [0.1, 0.15) is 50.7 Å². The summed E-state index contributed by atoms with van der Waals surface area (Å²) >= 11 is 0. The predicted molar refractivity (Wildman–Crippen MR) is 190 cm³/mol. The molecular formula is C42H36BN. The average molecular weight is 566 g/mol. The van der Waals surface area contributed by atoms with E-state index in [9.17, 15) is 0 Å². The van der Waals surface area contributed by atoms with E-state index in [-0.39, 0.29) is 6.71 Å². The SMILES string of the molecule is CC(C)c1cccc(N2c3cc(C(C)C)ccc3B3c4ccccc4-c4cc(-c5cccc(-c6ccccc6)c5)cc2c43)c1. The molecule has 0 amide bonds. The molecule has 0 saturated carbocycles. The van der Waals surface area contributed by atoms with Gasteiger partial charge in [0.2, 0.25) is 6.71 Å². The van der Waals surface area contributed by atoms with Crippen molar-refractivity contribution < 1.29 is 0 Å². The molecule has 0 fully saturated rings. The zero-order valence-electron chi connectivity index (χ0n) is 25.9. The summed E-state index contributed by atoms with van der Waals surface area (Å²) in [5.41, 5.74) is 18.4. The second-order valence-corrected chi connectivity index (χ2v) is 13.0. The van der Waals surface area contributed by atoms with Gasteiger partial charge < -0.3 is 4.90 Å². The van der Waals surface area contributed by atoms with Crippen LogP contribution in [0.2, 0.25) is 0 Å². The van der Waals surface area contributed by atoms with Crippen LogP contribution in [0.4, 0.5) is 17.1 Å². The Hall–Kier alpha value is -4.82. The Morgan fingerprint density at radius 3 is 1.93 bits per heavy atom. The van der Waals surface area contributed by atoms with Crippen LogP contribution in [-0.4, -0.2) is 6.71 Å². The smallest absolute Gasteiger partial charge is 0.248 e. The first-order valence-electron chi connectivity index (χ1n) is 15.9. The first kappa shape index (κ1) is 26.8. The first-order chi connectivity index (χ1) is 21.5. The molecular weight excluding hydrogens is 529 g/mol. The van der Waals surface area contributed by atoms with Crippen LogP contribution in [0.5, 0.6) is 0 Å². The summed E-state index contributed by atoms with van der Waals surface area (Å²) in [6, 6.07) is 50.0. The average Bonchev–Trinajstić information content (AvgIpc) is 3.40. The van der Waals surface area contributed by atoms with E-state index in [1.54, 1.807) is 0 Å². The van der Waals surface area contributed by atoms with Crippen molar-refractivity contribution in [1.82, 2.24) is 0 Å². The molecule has 0 atom stereocenters. The minimum atomic E-state index is 0.224. The molecule has 0 aromatic heterocycles. The van der Waals surface area contributed by atoms with Gasteiger partial charge in [-0.05, 0) is 104 Å². The lowest BCUT2D eigenvalue weighted by Gasteiger charge is -2.37. The van der Waals surface area contributed by atoms with Crippen LogP contribution in [0.15, 0.2) is 133 Å². The summed E-state index contributed by atoms with van der Waals surface area (Å²) in [4.78, 5) is 2.55. The highest BCUT2D eigenvalue weighted by Gasteiger charge is 2.42. The van der Waals surface area contributed by atoms with E-state index in [4.69, 9.17) is 0 Å². The molecule has 212 valence electrons. The maximum atomic E-state index is 2.55. The van der Waals surface area contributed by atoms with Gasteiger partial charge in [-0.15, -0.1) is 0 Å². The topological polar surface area (TPSA) is 3.24 Å². The maximum absolute atomic E-state index is 2.55. The standard InChI is InChI=1S/C42H36BN/c1-27(2)30-14-11-17-35(23-30)44-40-25-31(28(3)4)20-21-39(40)43-38-19-9-8-18-36(38)37-24-34(26-41(44)42(37)43)33-16-10-15-32(22-33)29-12-6-5-7-13-29/h5-28H,1-4H3. The van der Waals surface area contributed by atoms with E-state index in [2.05, 4.69) is 166 Å². The summed E-state index contributed by atoms with van der Waals surface area (Å²) in [5, 5.41) is 0. The molecule has 0 unspecified atom stereocenters. The van der Waals surface area contributed by atoms with Crippen molar-refractivity contribution in [2.45, 2.75) is 39.5 Å². The zero-order valence-corrected chi connectivity index (χ0v) is 25.9. The summed E-state index contributed by atoms with van der Waals surface area (Å²) in [6.07, 6.45) is 0. The third-order valence-electron chi connectivity index (χ3n) is 9.62. The quantitative estimate of drug-likeness (QED) is 0.188. The van der Waals surface area contributed by atoms with Crippen molar-refractivity contribution in [2.75, 3.05) is 4.90 Å². The third-order valence-corrected chi connectivity index (χ3v) is 9.62. The van der Waals surface area contributed by atoms with Crippen molar-refractivity contribution in [3.8, 4) is 33.4 Å². The third kappa shape index (κ3) is 4.24. The largest absolute Gasteiger partial charge is 0.311 e. The van der Waals surface area contributed by atoms with Crippen molar-refractivity contribution in [1.29, 1.82) is 0 Å². The van der Waals surface area contributed by atoms with Gasteiger partial charge in [0.15, 0.2) is 0 Å². The number of anilines is 3. The van der Waals surface area contributed by atoms with E-state index in [0.29, 0.717) is 11.8 Å². The molecule has 1 nitrogen and oxygen atoms in total. The maximum Gasteiger partial charge on any atom is 0.248 e. The fraction of sp³-hybridized carbons (Fsp3) is 0.143. The minimum absolute atomic E-state index is 0.224. The Labute approximate surface area is 261 Å². The zero-order chi connectivity index (χ0) is 29.9. The van der Waals surface area contributed by atoms with Crippen LogP contribution in [-0.2, 0) is 0 Å². The summed E-state index contributed by atoms with van der Waals surface area (Å²) in [6.45, 7) is 9.38. The highest BCUT2D eigenvalue weighted by atomic mass is 15.2. The van der Waals surface area contributed by atoms with Crippen molar-refractivity contribution in [3.05, 3.63) is 145 Å². The number of nitrogens with zero attached hydrogens (tertiary/aromatic N) is 1. The lowest BCUT2D eigenvalue weighted by atomic mass is 9.37. The van der Waals surface area contributed by atoms with E-state index in [1.807, 2.05) is 0 Å². The van der Waals surface area contributed by atoms with Gasteiger partial charge in [0.25, 0.3) is 0 Å². The van der Waals surface area contributed by atoms with E-state index in [1.165, 1.54) is 78.0 Å². The Balaban J connectivity index is 1.42. The molecule has 0 aliphatic carbocycles. The Morgan fingerprint density at radius 2 is 1.14 bits per heavy atom. The van der Waals surface area contributed by atoms with Gasteiger partial charge in [-0.3, -0.25) is 0 Å². The number of hydrogen-bond donors (Lipinski definition) is 0. The lowest BCUT2D eigenvalue weighted by Crippen LogP contribution is -2.54. The minimum Gasteiger partial charge on any atom is -0.311 e. The lowest BCUT2D eigenvalue weighted by molar-refractivity contribution is 0.865. The molecule has 0 spiro atoms. The second kappa shape index (κ2) is 10.4. The van der Waals surface area contributed by atoms with Crippen LogP contribution >= 0.6 is 0 Å². The fourth-order valence-corrected chi connectivity index (χ4v) is 7.29. The molecule has 0 N–H and O–H groups in total. The second-order valence-electron chi connectivity index (χ2n) is 13.0. The summed E-state index contributed by atoms with van der Waals surface area (Å²) in [7, 11) is 0. The van der Waals surface area contributed by atoms with Crippen molar-refractivity contribution >= 4 is 40.2 Å². The summed E-state index contributed by atoms with van der Waals surface area (Å²) < 4.78 is 0. The molecule has 2 aliphatic heterocycles. The molecule has 8 rings (SSSR count). The van der Waals surface area contributed by atoms with Crippen LogP contribution in [0, 0.1) is 0 Å². The van der Waals surface area contributed by atoms with Crippen molar-refractivity contribution in [2.24, 2.45) is 0 Å². The Kier molecular flexibility index (Phi) is 6.34. The van der Waals surface area contributed by atoms with Gasteiger partial charge in [-0.1, -0.05) is 130 Å². The van der Waals surface area contributed by atoms with Crippen LogP contribution < -0.4 is 21.3 Å². The van der Waals surface area contributed by atoms with Gasteiger partial charge in [0.05, 0.1) is 0 Å². The molecule has 2 aliphatic rings. The van der Waals surface area contributed by atoms with Crippen LogP contribution in [0.25, 0.3) is 33.4 Å². The molecule has 0 bridgehead atoms. The van der Waals surface area contributed by atoms with Crippen LogP contribution in [0.3, 0.4) is 0 Å². The molecule has 6 aromatic rings. The predicted octanol–water partition coefficient (Wildman–Crippen LogP) is 9.55. The van der Waals surface area contributed by atoms with Gasteiger partial charge in [0.1, 0.15) is 0 Å². The highest BCUT2D eigenvalue weighted by Crippen LogP contribution is 2.44. The molecule has 6 aromatic carbocycles. The van der Waals surface area contributed by atoms with Gasteiger partial charge in [-0.25, -0.2) is 0 Å².